The Balaban J connectivity index is 2.23. The van der Waals surface area contributed by atoms with Crippen molar-refractivity contribution in [1.82, 2.24) is 5.16 Å². The molecule has 3 aromatic rings. The molecule has 0 spiro atoms. The number of aromatic nitrogens is 1. The Hall–Kier alpha value is -2.47. The summed E-state index contributed by atoms with van der Waals surface area (Å²) in [5.74, 6) is 2.35. The van der Waals surface area contributed by atoms with Crippen molar-refractivity contribution in [1.29, 1.82) is 0 Å². The standard InChI is InChI=1S/C15H14N2O3S/c1-18-10-6-4-3-5-9(10)12-13(20-17-15(12)16)14-11(19-2)7-8-21-14/h3-8H,1-2H3,(H2,16,17). The largest absolute Gasteiger partial charge is 0.496 e. The number of benzene rings is 1. The number of rotatable bonds is 4. The fraction of sp³-hybridized carbons (Fsp3) is 0.133. The highest BCUT2D eigenvalue weighted by molar-refractivity contribution is 7.14. The van der Waals surface area contributed by atoms with Crippen LogP contribution in [-0.4, -0.2) is 19.4 Å². The summed E-state index contributed by atoms with van der Waals surface area (Å²) in [6, 6.07) is 9.49. The fourth-order valence-electron chi connectivity index (χ4n) is 2.19. The van der Waals surface area contributed by atoms with E-state index in [9.17, 15) is 0 Å². The lowest BCUT2D eigenvalue weighted by Gasteiger charge is -2.08. The lowest BCUT2D eigenvalue weighted by atomic mass is 10.0. The molecule has 0 bridgehead atoms. The SMILES string of the molecule is COc1ccccc1-c1c(N)noc1-c1sccc1OC. The van der Waals surface area contributed by atoms with E-state index >= 15 is 0 Å². The van der Waals surface area contributed by atoms with Crippen LogP contribution in [0.25, 0.3) is 21.8 Å². The highest BCUT2D eigenvalue weighted by atomic mass is 32.1. The molecule has 2 aromatic heterocycles. The number of anilines is 1. The second-order valence-corrected chi connectivity index (χ2v) is 5.21. The lowest BCUT2D eigenvalue weighted by molar-refractivity contribution is 0.409. The van der Waals surface area contributed by atoms with Crippen LogP contribution in [0, 0.1) is 0 Å². The number of hydrogen-bond acceptors (Lipinski definition) is 6. The molecule has 21 heavy (non-hydrogen) atoms. The molecular weight excluding hydrogens is 288 g/mol. The highest BCUT2D eigenvalue weighted by Crippen LogP contribution is 2.45. The summed E-state index contributed by atoms with van der Waals surface area (Å²) in [4.78, 5) is 0.850. The monoisotopic (exact) mass is 302 g/mol. The van der Waals surface area contributed by atoms with Crippen molar-refractivity contribution in [2.45, 2.75) is 0 Å². The van der Waals surface area contributed by atoms with E-state index < -0.39 is 0 Å². The van der Waals surface area contributed by atoms with Crippen LogP contribution >= 0.6 is 11.3 Å². The minimum absolute atomic E-state index is 0.324. The van der Waals surface area contributed by atoms with E-state index in [-0.39, 0.29) is 0 Å². The number of nitrogens with two attached hydrogens (primary N) is 1. The van der Waals surface area contributed by atoms with E-state index in [1.807, 2.05) is 35.7 Å². The van der Waals surface area contributed by atoms with Gasteiger partial charge in [-0.2, -0.15) is 0 Å². The Labute approximate surface area is 125 Å². The van der Waals surface area contributed by atoms with Crippen LogP contribution in [0.2, 0.25) is 0 Å². The molecular formula is C15H14N2O3S. The number of nitrogen functional groups attached to an aromatic ring is 1. The minimum Gasteiger partial charge on any atom is -0.496 e. The second-order valence-electron chi connectivity index (χ2n) is 4.29. The quantitative estimate of drug-likeness (QED) is 0.796. The Bertz CT molecular complexity index is 764. The zero-order chi connectivity index (χ0) is 14.8. The topological polar surface area (TPSA) is 70.5 Å². The highest BCUT2D eigenvalue weighted by Gasteiger charge is 2.23. The van der Waals surface area contributed by atoms with Crippen molar-refractivity contribution in [2.75, 3.05) is 20.0 Å². The van der Waals surface area contributed by atoms with Crippen molar-refractivity contribution in [3.8, 4) is 33.3 Å². The zero-order valence-electron chi connectivity index (χ0n) is 11.6. The van der Waals surface area contributed by atoms with Crippen molar-refractivity contribution in [3.05, 3.63) is 35.7 Å². The minimum atomic E-state index is 0.324. The number of nitrogens with zero attached hydrogens (tertiary/aromatic N) is 1. The van der Waals surface area contributed by atoms with Gasteiger partial charge in [0.05, 0.1) is 19.8 Å². The van der Waals surface area contributed by atoms with Gasteiger partial charge in [-0.1, -0.05) is 23.4 Å². The van der Waals surface area contributed by atoms with Crippen LogP contribution in [0.1, 0.15) is 0 Å². The normalized spacial score (nSPS) is 10.6. The summed E-state index contributed by atoms with van der Waals surface area (Å²) in [6.45, 7) is 0. The fourth-order valence-corrected chi connectivity index (χ4v) is 3.03. The molecule has 0 amide bonds. The number of hydrogen-bond donors (Lipinski definition) is 1. The van der Waals surface area contributed by atoms with E-state index in [4.69, 9.17) is 19.7 Å². The molecule has 0 fully saturated rings. The van der Waals surface area contributed by atoms with Crippen LogP contribution < -0.4 is 15.2 Å². The molecule has 0 unspecified atom stereocenters. The number of para-hydroxylation sites is 1. The van der Waals surface area contributed by atoms with Gasteiger partial charge in [0, 0.05) is 5.56 Å². The van der Waals surface area contributed by atoms with Gasteiger partial charge < -0.3 is 19.7 Å². The van der Waals surface area contributed by atoms with E-state index in [0.717, 1.165) is 16.2 Å². The second kappa shape index (κ2) is 5.49. The molecule has 0 radical (unpaired) electrons. The average molecular weight is 302 g/mol. The first-order valence-corrected chi connectivity index (χ1v) is 7.14. The lowest BCUT2D eigenvalue weighted by Crippen LogP contribution is -1.92. The third-order valence-electron chi connectivity index (χ3n) is 3.15. The molecule has 0 atom stereocenters. The van der Waals surface area contributed by atoms with Gasteiger partial charge in [0.1, 0.15) is 16.4 Å². The molecule has 5 nitrogen and oxygen atoms in total. The van der Waals surface area contributed by atoms with Gasteiger partial charge in [0.15, 0.2) is 11.6 Å². The maximum Gasteiger partial charge on any atom is 0.190 e. The molecule has 108 valence electrons. The smallest absolute Gasteiger partial charge is 0.190 e. The van der Waals surface area contributed by atoms with Crippen molar-refractivity contribution < 1.29 is 14.0 Å². The molecule has 2 N–H and O–H groups in total. The summed E-state index contributed by atoms with van der Waals surface area (Å²) >= 11 is 1.51. The summed E-state index contributed by atoms with van der Waals surface area (Å²) < 4.78 is 16.2. The Morgan fingerprint density at radius 2 is 1.86 bits per heavy atom. The van der Waals surface area contributed by atoms with Gasteiger partial charge in [-0.15, -0.1) is 11.3 Å². The maximum absolute atomic E-state index is 6.00. The van der Waals surface area contributed by atoms with Gasteiger partial charge in [0.25, 0.3) is 0 Å². The van der Waals surface area contributed by atoms with Crippen LogP contribution in [0.4, 0.5) is 5.82 Å². The first-order valence-electron chi connectivity index (χ1n) is 6.26. The average Bonchev–Trinajstić information content (AvgIpc) is 3.12. The van der Waals surface area contributed by atoms with Gasteiger partial charge in [-0.3, -0.25) is 0 Å². The van der Waals surface area contributed by atoms with Crippen LogP contribution in [0.3, 0.4) is 0 Å². The third kappa shape index (κ3) is 2.23. The van der Waals surface area contributed by atoms with Crippen molar-refractivity contribution >= 4 is 17.2 Å². The van der Waals surface area contributed by atoms with E-state index in [2.05, 4.69) is 5.16 Å². The van der Waals surface area contributed by atoms with Crippen molar-refractivity contribution in [2.24, 2.45) is 0 Å². The predicted molar refractivity (Wildman–Crippen MR) is 82.8 cm³/mol. The summed E-state index contributed by atoms with van der Waals surface area (Å²) in [5, 5.41) is 5.83. The predicted octanol–water partition coefficient (Wildman–Crippen LogP) is 3.67. The number of thiophene rings is 1. The van der Waals surface area contributed by atoms with Gasteiger partial charge in [-0.25, -0.2) is 0 Å². The van der Waals surface area contributed by atoms with Crippen LogP contribution in [0.15, 0.2) is 40.2 Å². The Morgan fingerprint density at radius 3 is 2.62 bits per heavy atom. The Kier molecular flexibility index (Phi) is 3.53. The van der Waals surface area contributed by atoms with Crippen molar-refractivity contribution in [3.63, 3.8) is 0 Å². The van der Waals surface area contributed by atoms with E-state index in [1.165, 1.54) is 11.3 Å². The molecule has 1 aromatic carbocycles. The molecule has 0 aliphatic carbocycles. The van der Waals surface area contributed by atoms with E-state index in [0.29, 0.717) is 22.9 Å². The molecule has 0 aliphatic heterocycles. The molecule has 2 heterocycles. The first kappa shape index (κ1) is 13.5. The van der Waals surface area contributed by atoms with Gasteiger partial charge in [-0.05, 0) is 17.5 Å². The van der Waals surface area contributed by atoms with Gasteiger partial charge in [0.2, 0.25) is 0 Å². The zero-order valence-corrected chi connectivity index (χ0v) is 12.4. The molecule has 0 saturated heterocycles. The van der Waals surface area contributed by atoms with Gasteiger partial charge >= 0.3 is 0 Å². The summed E-state index contributed by atoms with van der Waals surface area (Å²) in [5.41, 5.74) is 7.55. The summed E-state index contributed by atoms with van der Waals surface area (Å²) in [6.07, 6.45) is 0. The van der Waals surface area contributed by atoms with Crippen LogP contribution in [0.5, 0.6) is 11.5 Å². The number of methoxy groups -OCH3 is 2. The Morgan fingerprint density at radius 1 is 1.10 bits per heavy atom. The third-order valence-corrected chi connectivity index (χ3v) is 4.04. The molecule has 0 aliphatic rings. The molecule has 0 saturated carbocycles. The number of ether oxygens (including phenoxy) is 2. The maximum atomic E-state index is 6.00. The molecule has 3 rings (SSSR count). The van der Waals surface area contributed by atoms with Crippen LogP contribution in [-0.2, 0) is 0 Å². The first-order chi connectivity index (χ1) is 10.3. The van der Waals surface area contributed by atoms with E-state index in [1.54, 1.807) is 14.2 Å². The molecule has 6 heteroatoms. The summed E-state index contributed by atoms with van der Waals surface area (Å²) in [7, 11) is 3.24.